The van der Waals surface area contributed by atoms with Gasteiger partial charge < -0.3 is 10.5 Å². The molecule has 0 unspecified atom stereocenters. The molecule has 2 N–H and O–H groups in total. The predicted octanol–water partition coefficient (Wildman–Crippen LogP) is 1.80. The highest BCUT2D eigenvalue weighted by molar-refractivity contribution is 14.1. The van der Waals surface area contributed by atoms with Gasteiger partial charge in [-0.05, 0) is 33.7 Å². The maximum absolute atomic E-state index is 12.7. The normalized spacial score (nSPS) is 10.7. The minimum atomic E-state index is -2.71. The Morgan fingerprint density at radius 3 is 2.71 bits per heavy atom. The summed E-state index contributed by atoms with van der Waals surface area (Å²) in [5.41, 5.74) is 5.76. The van der Waals surface area contributed by atoms with E-state index in [9.17, 15) is 13.6 Å². The molecule has 0 aliphatic carbocycles. The number of ether oxygens (including phenoxy) is 1. The van der Waals surface area contributed by atoms with Crippen LogP contribution in [0.4, 0.5) is 8.78 Å². The maximum Gasteiger partial charge on any atom is 0.310 e. The molecule has 4 nitrogen and oxygen atoms in total. The summed E-state index contributed by atoms with van der Waals surface area (Å²) in [6.45, 7) is -0.0875. The molecule has 1 rings (SSSR count). The van der Waals surface area contributed by atoms with E-state index in [0.717, 1.165) is 0 Å². The summed E-state index contributed by atoms with van der Waals surface area (Å²) in [6.07, 6.45) is -1.48. The highest BCUT2D eigenvalue weighted by Crippen LogP contribution is 2.26. The molecule has 0 radical (unpaired) electrons. The van der Waals surface area contributed by atoms with E-state index in [1.54, 1.807) is 0 Å². The van der Waals surface area contributed by atoms with E-state index in [1.807, 2.05) is 22.6 Å². The summed E-state index contributed by atoms with van der Waals surface area (Å²) in [5, 5.41) is 0. The number of hydrogen-bond donors (Lipinski definition) is 1. The van der Waals surface area contributed by atoms with Gasteiger partial charge in [0.25, 0.3) is 6.43 Å². The highest BCUT2D eigenvalue weighted by atomic mass is 127. The van der Waals surface area contributed by atoms with E-state index in [4.69, 9.17) is 5.73 Å². The van der Waals surface area contributed by atoms with E-state index < -0.39 is 12.4 Å². The number of carbonyl (C=O) groups excluding carboxylic acids is 1. The Hall–Kier alpha value is -0.830. The SMILES string of the molecule is COC(=O)Cc1c(I)cnc(C(F)F)c1CN. The molecule has 0 aliphatic rings. The molecule has 1 heterocycles. The molecule has 0 bridgehead atoms. The highest BCUT2D eigenvalue weighted by Gasteiger charge is 2.20. The van der Waals surface area contributed by atoms with Gasteiger partial charge in [0.2, 0.25) is 0 Å². The number of nitrogens with two attached hydrogens (primary N) is 1. The fourth-order valence-corrected chi connectivity index (χ4v) is 2.06. The topological polar surface area (TPSA) is 65.2 Å². The Labute approximate surface area is 111 Å². The lowest BCUT2D eigenvalue weighted by atomic mass is 10.0. The van der Waals surface area contributed by atoms with Crippen LogP contribution in [-0.4, -0.2) is 18.1 Å². The van der Waals surface area contributed by atoms with Crippen molar-refractivity contribution in [1.29, 1.82) is 0 Å². The van der Waals surface area contributed by atoms with Gasteiger partial charge in [-0.1, -0.05) is 0 Å². The van der Waals surface area contributed by atoms with E-state index >= 15 is 0 Å². The Bertz CT molecular complexity index is 427. The first-order chi connectivity index (χ1) is 8.01. The molecule has 94 valence electrons. The van der Waals surface area contributed by atoms with Crippen molar-refractivity contribution >= 4 is 28.6 Å². The van der Waals surface area contributed by atoms with Crippen LogP contribution >= 0.6 is 22.6 Å². The molecule has 0 saturated carbocycles. The molecule has 0 fully saturated rings. The van der Waals surface area contributed by atoms with E-state index in [1.165, 1.54) is 13.3 Å². The van der Waals surface area contributed by atoms with E-state index in [0.29, 0.717) is 9.13 Å². The average molecular weight is 356 g/mol. The van der Waals surface area contributed by atoms with Gasteiger partial charge in [0, 0.05) is 16.3 Å². The van der Waals surface area contributed by atoms with Gasteiger partial charge in [-0.25, -0.2) is 8.78 Å². The van der Waals surface area contributed by atoms with Gasteiger partial charge in [0.1, 0.15) is 5.69 Å². The molecular weight excluding hydrogens is 345 g/mol. The monoisotopic (exact) mass is 356 g/mol. The van der Waals surface area contributed by atoms with Crippen LogP contribution in [0.15, 0.2) is 6.20 Å². The number of rotatable bonds is 4. The zero-order chi connectivity index (χ0) is 13.0. The summed E-state index contributed by atoms with van der Waals surface area (Å²) in [4.78, 5) is 14.9. The second-order valence-corrected chi connectivity index (χ2v) is 4.37. The van der Waals surface area contributed by atoms with Gasteiger partial charge in [-0.15, -0.1) is 0 Å². The number of esters is 1. The van der Waals surface area contributed by atoms with Crippen molar-refractivity contribution in [2.24, 2.45) is 5.73 Å². The second-order valence-electron chi connectivity index (χ2n) is 3.21. The van der Waals surface area contributed by atoms with Crippen LogP contribution in [0.1, 0.15) is 23.2 Å². The van der Waals surface area contributed by atoms with E-state index in [-0.39, 0.29) is 24.2 Å². The summed E-state index contributed by atoms with van der Waals surface area (Å²) in [7, 11) is 1.24. The fraction of sp³-hybridized carbons (Fsp3) is 0.400. The van der Waals surface area contributed by atoms with Crippen molar-refractivity contribution in [3.8, 4) is 0 Å². The number of nitrogens with zero attached hydrogens (tertiary/aromatic N) is 1. The number of halogens is 3. The third kappa shape index (κ3) is 3.32. The Kier molecular flexibility index (Phi) is 5.19. The number of carbonyl (C=O) groups is 1. The van der Waals surface area contributed by atoms with Crippen molar-refractivity contribution in [1.82, 2.24) is 4.98 Å². The van der Waals surface area contributed by atoms with E-state index in [2.05, 4.69) is 9.72 Å². The molecule has 0 saturated heterocycles. The first kappa shape index (κ1) is 14.2. The molecule has 0 atom stereocenters. The number of hydrogen-bond acceptors (Lipinski definition) is 4. The summed E-state index contributed by atoms with van der Waals surface area (Å²) >= 11 is 1.93. The van der Waals surface area contributed by atoms with Gasteiger partial charge in [-0.2, -0.15) is 0 Å². The van der Waals surface area contributed by atoms with Crippen molar-refractivity contribution in [2.45, 2.75) is 19.4 Å². The molecule has 0 spiro atoms. The largest absolute Gasteiger partial charge is 0.469 e. The van der Waals surface area contributed by atoms with Crippen molar-refractivity contribution < 1.29 is 18.3 Å². The minimum Gasteiger partial charge on any atom is -0.469 e. The van der Waals surface area contributed by atoms with Gasteiger partial charge in [0.15, 0.2) is 0 Å². The van der Waals surface area contributed by atoms with Crippen LogP contribution in [-0.2, 0) is 22.5 Å². The molecule has 0 aliphatic heterocycles. The smallest absolute Gasteiger partial charge is 0.310 e. The lowest BCUT2D eigenvalue weighted by molar-refractivity contribution is -0.139. The first-order valence-corrected chi connectivity index (χ1v) is 5.80. The molecule has 17 heavy (non-hydrogen) atoms. The van der Waals surface area contributed by atoms with Crippen LogP contribution in [0, 0.1) is 3.57 Å². The van der Waals surface area contributed by atoms with Crippen LogP contribution < -0.4 is 5.73 Å². The zero-order valence-corrected chi connectivity index (χ0v) is 11.2. The number of aromatic nitrogens is 1. The number of pyridine rings is 1. The van der Waals surface area contributed by atoms with Crippen LogP contribution in [0.2, 0.25) is 0 Å². The maximum atomic E-state index is 12.7. The minimum absolute atomic E-state index is 0.0798. The van der Waals surface area contributed by atoms with Gasteiger partial charge >= 0.3 is 5.97 Å². The van der Waals surface area contributed by atoms with Gasteiger partial charge in [-0.3, -0.25) is 9.78 Å². The second kappa shape index (κ2) is 6.20. The molecular formula is C10H11F2IN2O2. The summed E-state index contributed by atoms with van der Waals surface area (Å²) in [6, 6.07) is 0. The lowest BCUT2D eigenvalue weighted by Crippen LogP contribution is -2.14. The zero-order valence-electron chi connectivity index (χ0n) is 9.04. The number of methoxy groups -OCH3 is 1. The number of alkyl halides is 2. The Balaban J connectivity index is 3.25. The van der Waals surface area contributed by atoms with Gasteiger partial charge in [0.05, 0.1) is 13.5 Å². The molecule has 7 heteroatoms. The predicted molar refractivity (Wildman–Crippen MR) is 65.5 cm³/mol. The van der Waals surface area contributed by atoms with Crippen LogP contribution in [0.25, 0.3) is 0 Å². The van der Waals surface area contributed by atoms with Crippen molar-refractivity contribution in [2.75, 3.05) is 7.11 Å². The molecule has 0 amide bonds. The lowest BCUT2D eigenvalue weighted by Gasteiger charge is -2.13. The standard InChI is InChI=1S/C10H11F2IN2O2/c1-17-8(16)2-5-6(3-14)9(10(11)12)15-4-7(5)13/h4,10H,2-3,14H2,1H3. The Morgan fingerprint density at radius 1 is 1.59 bits per heavy atom. The summed E-state index contributed by atoms with van der Waals surface area (Å²) < 4.78 is 30.6. The first-order valence-electron chi connectivity index (χ1n) is 4.72. The Morgan fingerprint density at radius 2 is 2.24 bits per heavy atom. The van der Waals surface area contributed by atoms with Crippen LogP contribution in [0.3, 0.4) is 0 Å². The van der Waals surface area contributed by atoms with Crippen molar-refractivity contribution in [3.63, 3.8) is 0 Å². The third-order valence-electron chi connectivity index (χ3n) is 2.24. The third-order valence-corrected chi connectivity index (χ3v) is 3.17. The molecule has 1 aromatic heterocycles. The fourth-order valence-electron chi connectivity index (χ4n) is 1.40. The quantitative estimate of drug-likeness (QED) is 0.660. The van der Waals surface area contributed by atoms with Crippen molar-refractivity contribution in [3.05, 3.63) is 26.6 Å². The summed E-state index contributed by atoms with van der Waals surface area (Å²) in [5.74, 6) is -0.496. The van der Waals surface area contributed by atoms with Crippen LogP contribution in [0.5, 0.6) is 0 Å². The molecule has 0 aromatic carbocycles. The molecule has 1 aromatic rings. The average Bonchev–Trinajstić information content (AvgIpc) is 2.30.